The van der Waals surface area contributed by atoms with Crippen LogP contribution >= 0.6 is 12.4 Å². The molecule has 1 fully saturated rings. The predicted octanol–water partition coefficient (Wildman–Crippen LogP) is 1.72. The van der Waals surface area contributed by atoms with Gasteiger partial charge in [0.2, 0.25) is 5.91 Å². The number of hydrogen-bond acceptors (Lipinski definition) is 3. The summed E-state index contributed by atoms with van der Waals surface area (Å²) >= 11 is 0. The van der Waals surface area contributed by atoms with Gasteiger partial charge in [-0.25, -0.2) is 0 Å². The van der Waals surface area contributed by atoms with Crippen molar-refractivity contribution in [1.29, 1.82) is 0 Å². The Balaban J connectivity index is 0.00000176. The number of hydrogen-bond donors (Lipinski definition) is 2. The molecule has 1 aromatic heterocycles. The fraction of sp³-hybridized carbons (Fsp3) is 0.375. The second-order valence-corrected chi connectivity index (χ2v) is 5.39. The summed E-state index contributed by atoms with van der Waals surface area (Å²) < 4.78 is 1.89. The average Bonchev–Trinajstić information content (AvgIpc) is 3.19. The Morgan fingerprint density at radius 1 is 1.32 bits per heavy atom. The molecule has 6 heteroatoms. The van der Waals surface area contributed by atoms with Gasteiger partial charge in [-0.2, -0.15) is 5.10 Å². The molecular weight excluding hydrogens is 300 g/mol. The van der Waals surface area contributed by atoms with E-state index in [0.29, 0.717) is 6.54 Å². The Labute approximate surface area is 136 Å². The van der Waals surface area contributed by atoms with Crippen molar-refractivity contribution >= 4 is 18.3 Å². The van der Waals surface area contributed by atoms with Gasteiger partial charge in [-0.3, -0.25) is 9.48 Å². The monoisotopic (exact) mass is 320 g/mol. The highest BCUT2D eigenvalue weighted by molar-refractivity contribution is 5.85. The molecule has 0 spiro atoms. The molecule has 1 atom stereocenters. The van der Waals surface area contributed by atoms with Gasteiger partial charge in [0.15, 0.2) is 0 Å². The predicted molar refractivity (Wildman–Crippen MR) is 87.9 cm³/mol. The summed E-state index contributed by atoms with van der Waals surface area (Å²) in [5, 5.41) is 10.4. The van der Waals surface area contributed by atoms with Crippen LogP contribution < -0.4 is 10.6 Å². The van der Waals surface area contributed by atoms with Crippen LogP contribution in [0, 0.1) is 0 Å². The van der Waals surface area contributed by atoms with Crippen LogP contribution in [0.4, 0.5) is 0 Å². The maximum Gasteiger partial charge on any atom is 0.237 e. The van der Waals surface area contributed by atoms with Crippen LogP contribution in [0.1, 0.15) is 24.0 Å². The highest BCUT2D eigenvalue weighted by Gasteiger charge is 2.21. The number of nitrogens with one attached hydrogen (secondary N) is 2. The van der Waals surface area contributed by atoms with Crippen LogP contribution in [-0.4, -0.2) is 28.3 Å². The topological polar surface area (TPSA) is 59.0 Å². The Kier molecular flexibility index (Phi) is 5.98. The van der Waals surface area contributed by atoms with Crippen LogP contribution in [0.5, 0.6) is 0 Å². The van der Waals surface area contributed by atoms with Gasteiger partial charge < -0.3 is 10.6 Å². The fourth-order valence-corrected chi connectivity index (χ4v) is 2.56. The summed E-state index contributed by atoms with van der Waals surface area (Å²) in [4.78, 5) is 11.9. The van der Waals surface area contributed by atoms with E-state index in [9.17, 15) is 4.79 Å². The van der Waals surface area contributed by atoms with Gasteiger partial charge in [-0.1, -0.05) is 24.3 Å². The molecule has 22 heavy (non-hydrogen) atoms. The zero-order valence-electron chi connectivity index (χ0n) is 12.4. The Morgan fingerprint density at radius 3 is 2.73 bits per heavy atom. The first-order chi connectivity index (χ1) is 10.3. The van der Waals surface area contributed by atoms with E-state index < -0.39 is 0 Å². The van der Waals surface area contributed by atoms with Gasteiger partial charge in [0.25, 0.3) is 0 Å². The molecule has 1 unspecified atom stereocenters. The molecule has 5 nitrogen and oxygen atoms in total. The van der Waals surface area contributed by atoms with E-state index in [1.807, 2.05) is 16.9 Å². The highest BCUT2D eigenvalue weighted by atomic mass is 35.5. The minimum atomic E-state index is -0.0101. The molecule has 3 rings (SSSR count). The summed E-state index contributed by atoms with van der Waals surface area (Å²) in [6.45, 7) is 2.30. The first-order valence-corrected chi connectivity index (χ1v) is 7.37. The number of aromatic nitrogens is 2. The van der Waals surface area contributed by atoms with Gasteiger partial charge in [-0.15, -0.1) is 12.4 Å². The van der Waals surface area contributed by atoms with Crippen LogP contribution in [0.2, 0.25) is 0 Å². The molecule has 118 valence electrons. The number of carbonyl (C=O) groups is 1. The van der Waals surface area contributed by atoms with Crippen LogP contribution in [0.25, 0.3) is 0 Å². The zero-order valence-corrected chi connectivity index (χ0v) is 13.2. The van der Waals surface area contributed by atoms with E-state index in [1.54, 1.807) is 6.20 Å². The third-order valence-corrected chi connectivity index (χ3v) is 3.77. The number of benzene rings is 1. The molecule has 0 radical (unpaired) electrons. The number of rotatable bonds is 5. The lowest BCUT2D eigenvalue weighted by Gasteiger charge is -2.11. The van der Waals surface area contributed by atoms with E-state index in [1.165, 1.54) is 5.56 Å². The molecule has 0 bridgehead atoms. The van der Waals surface area contributed by atoms with Gasteiger partial charge in [0.05, 0.1) is 12.6 Å². The average molecular weight is 321 g/mol. The minimum absolute atomic E-state index is 0. The molecule has 1 aromatic carbocycles. The molecule has 1 aliphatic rings. The van der Waals surface area contributed by atoms with E-state index >= 15 is 0 Å². The van der Waals surface area contributed by atoms with Gasteiger partial charge in [0, 0.05) is 18.9 Å². The Morgan fingerprint density at radius 2 is 2.09 bits per heavy atom. The SMILES string of the molecule is Cl.O=C(NCc1ccc(Cn2cccn2)cc1)C1CCCN1. The first-order valence-electron chi connectivity index (χ1n) is 7.37. The summed E-state index contributed by atoms with van der Waals surface area (Å²) in [6.07, 6.45) is 5.75. The van der Waals surface area contributed by atoms with Crippen LogP contribution in [0.3, 0.4) is 0 Å². The molecule has 0 saturated carbocycles. The van der Waals surface area contributed by atoms with Gasteiger partial charge in [0.1, 0.15) is 0 Å². The smallest absolute Gasteiger partial charge is 0.237 e. The van der Waals surface area contributed by atoms with Crippen LogP contribution in [0.15, 0.2) is 42.7 Å². The van der Waals surface area contributed by atoms with Crippen molar-refractivity contribution in [3.05, 3.63) is 53.9 Å². The number of carbonyl (C=O) groups excluding carboxylic acids is 1. The third kappa shape index (κ3) is 4.32. The van der Waals surface area contributed by atoms with E-state index in [-0.39, 0.29) is 24.4 Å². The molecule has 1 aliphatic heterocycles. The van der Waals surface area contributed by atoms with Crippen molar-refractivity contribution in [3.63, 3.8) is 0 Å². The Bertz CT molecular complexity index is 577. The lowest BCUT2D eigenvalue weighted by Crippen LogP contribution is -2.39. The number of amides is 1. The van der Waals surface area contributed by atoms with Crippen molar-refractivity contribution in [2.45, 2.75) is 32.0 Å². The van der Waals surface area contributed by atoms with Crippen molar-refractivity contribution in [2.75, 3.05) is 6.54 Å². The third-order valence-electron chi connectivity index (χ3n) is 3.77. The summed E-state index contributed by atoms with van der Waals surface area (Å²) in [5.74, 6) is 0.105. The van der Waals surface area contributed by atoms with Crippen LogP contribution in [-0.2, 0) is 17.9 Å². The lowest BCUT2D eigenvalue weighted by molar-refractivity contribution is -0.122. The maximum absolute atomic E-state index is 11.9. The summed E-state index contributed by atoms with van der Waals surface area (Å²) in [6, 6.07) is 10.2. The lowest BCUT2D eigenvalue weighted by atomic mass is 10.1. The van der Waals surface area contributed by atoms with Gasteiger partial charge >= 0.3 is 0 Å². The molecule has 1 amide bonds. The first kappa shape index (κ1) is 16.5. The second-order valence-electron chi connectivity index (χ2n) is 5.39. The molecule has 0 aliphatic carbocycles. The van der Waals surface area contributed by atoms with Crippen molar-refractivity contribution in [1.82, 2.24) is 20.4 Å². The van der Waals surface area contributed by atoms with E-state index in [4.69, 9.17) is 0 Å². The van der Waals surface area contributed by atoms with Gasteiger partial charge in [-0.05, 0) is 36.6 Å². The summed E-state index contributed by atoms with van der Waals surface area (Å²) in [7, 11) is 0. The normalized spacial score (nSPS) is 17.0. The number of halogens is 1. The minimum Gasteiger partial charge on any atom is -0.351 e. The highest BCUT2D eigenvalue weighted by Crippen LogP contribution is 2.08. The van der Waals surface area contributed by atoms with Crippen molar-refractivity contribution in [3.8, 4) is 0 Å². The molecule has 2 N–H and O–H groups in total. The zero-order chi connectivity index (χ0) is 14.5. The second kappa shape index (κ2) is 7.96. The van der Waals surface area contributed by atoms with Crippen molar-refractivity contribution < 1.29 is 4.79 Å². The summed E-state index contributed by atoms with van der Waals surface area (Å²) in [5.41, 5.74) is 2.32. The molecule has 2 aromatic rings. The fourth-order valence-electron chi connectivity index (χ4n) is 2.56. The molecule has 1 saturated heterocycles. The standard InChI is InChI=1S/C16H20N4O.ClH/c21-16(15-3-1-8-17-15)18-11-13-4-6-14(7-5-13)12-20-10-2-9-19-20;/h2,4-7,9-10,15,17H,1,3,8,11-12H2,(H,18,21);1H. The largest absolute Gasteiger partial charge is 0.351 e. The van der Waals surface area contributed by atoms with Crippen molar-refractivity contribution in [2.24, 2.45) is 0 Å². The Hall–Kier alpha value is -1.85. The molecule has 2 heterocycles. The molecular formula is C16H21ClN4O. The van der Waals surface area contributed by atoms with E-state index in [0.717, 1.165) is 31.5 Å². The quantitative estimate of drug-likeness (QED) is 0.882. The van der Waals surface area contributed by atoms with E-state index in [2.05, 4.69) is 40.0 Å². The number of nitrogens with zero attached hydrogens (tertiary/aromatic N) is 2. The maximum atomic E-state index is 11.9.